The first-order valence-electron chi connectivity index (χ1n) is 5.24. The van der Waals surface area contributed by atoms with Crippen LogP contribution in [0.3, 0.4) is 0 Å². The Labute approximate surface area is 103 Å². The minimum Gasteiger partial charge on any atom is -0.383 e. The first kappa shape index (κ1) is 11.7. The highest BCUT2D eigenvalue weighted by atomic mass is 31.0. The van der Waals surface area contributed by atoms with Gasteiger partial charge in [0.05, 0.1) is 0 Å². The van der Waals surface area contributed by atoms with E-state index in [1.807, 2.05) is 24.3 Å². The normalized spacial score (nSPS) is 10.9. The predicted octanol–water partition coefficient (Wildman–Crippen LogP) is 1.88. The zero-order valence-electron chi connectivity index (χ0n) is 9.59. The molecule has 86 valence electrons. The molecule has 0 amide bonds. The first-order valence-corrected chi connectivity index (χ1v) is 5.82. The van der Waals surface area contributed by atoms with Crippen LogP contribution >= 0.6 is 9.24 Å². The average Bonchev–Trinajstić information content (AvgIpc) is 2.32. The molecule has 0 fully saturated rings. The summed E-state index contributed by atoms with van der Waals surface area (Å²) in [5.41, 5.74) is 8.78. The molecule has 2 rings (SSSR count). The predicted molar refractivity (Wildman–Crippen MR) is 76.9 cm³/mol. The van der Waals surface area contributed by atoms with Crippen LogP contribution in [0.15, 0.2) is 41.5 Å². The summed E-state index contributed by atoms with van der Waals surface area (Å²) in [4.78, 5) is 8.15. The van der Waals surface area contributed by atoms with Gasteiger partial charge in [-0.05, 0) is 23.0 Å². The van der Waals surface area contributed by atoms with Crippen LogP contribution in [-0.4, -0.2) is 18.2 Å². The molecule has 1 aromatic heterocycles. The van der Waals surface area contributed by atoms with Gasteiger partial charge in [-0.2, -0.15) is 0 Å². The molecule has 0 aliphatic rings. The van der Waals surface area contributed by atoms with E-state index < -0.39 is 0 Å². The van der Waals surface area contributed by atoms with Crippen LogP contribution in [0.25, 0.3) is 11.1 Å². The highest BCUT2D eigenvalue weighted by molar-refractivity contribution is 7.27. The second-order valence-corrected chi connectivity index (χ2v) is 4.38. The number of benzene rings is 1. The number of nitrogens with two attached hydrogens (primary N) is 1. The molecule has 0 bridgehead atoms. The van der Waals surface area contributed by atoms with Crippen molar-refractivity contribution in [2.75, 3.05) is 12.8 Å². The van der Waals surface area contributed by atoms with Gasteiger partial charge in [-0.15, -0.1) is 9.24 Å². The molecule has 2 aromatic rings. The molecule has 0 aliphatic heterocycles. The fourth-order valence-corrected chi connectivity index (χ4v) is 1.90. The van der Waals surface area contributed by atoms with Crippen molar-refractivity contribution in [1.82, 2.24) is 4.98 Å². The van der Waals surface area contributed by atoms with Gasteiger partial charge < -0.3 is 5.73 Å². The van der Waals surface area contributed by atoms with Gasteiger partial charge in [0.15, 0.2) is 0 Å². The maximum Gasteiger partial charge on any atom is 0.132 e. The highest BCUT2D eigenvalue weighted by Crippen LogP contribution is 2.20. The van der Waals surface area contributed by atoms with Crippen LogP contribution in [0.5, 0.6) is 0 Å². The molecular formula is C13H14N3P. The maximum atomic E-state index is 5.78. The van der Waals surface area contributed by atoms with Gasteiger partial charge in [-0.3, -0.25) is 4.99 Å². The summed E-state index contributed by atoms with van der Waals surface area (Å²) in [6.45, 7) is 0. The first-order chi connectivity index (χ1) is 8.20. The van der Waals surface area contributed by atoms with Crippen LogP contribution in [0, 0.1) is 0 Å². The standard InChI is InChI=1S/C13H14N3P/c1-15-7-11-5-10(8-16-13(11)14)9-3-2-4-12(17)6-9/h2-8H,17H2,1H3,(H2,14,16). The van der Waals surface area contributed by atoms with E-state index in [4.69, 9.17) is 5.73 Å². The number of nitrogens with zero attached hydrogens (tertiary/aromatic N) is 2. The second kappa shape index (κ2) is 5.07. The van der Waals surface area contributed by atoms with E-state index in [1.54, 1.807) is 19.5 Å². The quantitative estimate of drug-likeness (QED) is 0.646. The number of aromatic nitrogens is 1. The summed E-state index contributed by atoms with van der Waals surface area (Å²) in [6.07, 6.45) is 3.50. The third-order valence-electron chi connectivity index (χ3n) is 2.44. The summed E-state index contributed by atoms with van der Waals surface area (Å²) in [7, 11) is 4.40. The molecule has 17 heavy (non-hydrogen) atoms. The zero-order chi connectivity index (χ0) is 12.3. The van der Waals surface area contributed by atoms with E-state index in [-0.39, 0.29) is 0 Å². The molecule has 1 atom stereocenters. The Balaban J connectivity index is 2.50. The van der Waals surface area contributed by atoms with Crippen molar-refractivity contribution in [1.29, 1.82) is 0 Å². The van der Waals surface area contributed by atoms with Crippen molar-refractivity contribution in [3.63, 3.8) is 0 Å². The average molecular weight is 243 g/mol. The zero-order valence-corrected chi connectivity index (χ0v) is 10.7. The lowest BCUT2D eigenvalue weighted by Gasteiger charge is -2.05. The molecule has 3 nitrogen and oxygen atoms in total. The third kappa shape index (κ3) is 2.69. The number of rotatable bonds is 2. The molecule has 0 radical (unpaired) electrons. The molecule has 0 saturated carbocycles. The lowest BCUT2D eigenvalue weighted by molar-refractivity contribution is 1.32. The Hall–Kier alpha value is -1.73. The number of hydrogen-bond donors (Lipinski definition) is 1. The number of nitrogen functional groups attached to an aromatic ring is 1. The Morgan fingerprint density at radius 3 is 2.82 bits per heavy atom. The lowest BCUT2D eigenvalue weighted by Crippen LogP contribution is -1.98. The highest BCUT2D eigenvalue weighted by Gasteiger charge is 2.02. The topological polar surface area (TPSA) is 51.3 Å². The van der Waals surface area contributed by atoms with E-state index in [0.717, 1.165) is 22.0 Å². The minimum absolute atomic E-state index is 0.501. The number of hydrogen-bond acceptors (Lipinski definition) is 3. The van der Waals surface area contributed by atoms with Crippen molar-refractivity contribution in [3.05, 3.63) is 42.1 Å². The number of aliphatic imine (C=N–C) groups is 1. The molecule has 0 aliphatic carbocycles. The molecule has 1 heterocycles. The Bertz CT molecular complexity index is 564. The van der Waals surface area contributed by atoms with Crippen molar-refractivity contribution in [2.24, 2.45) is 4.99 Å². The minimum atomic E-state index is 0.501. The van der Waals surface area contributed by atoms with E-state index >= 15 is 0 Å². The number of pyridine rings is 1. The van der Waals surface area contributed by atoms with Crippen LogP contribution in [0.4, 0.5) is 5.82 Å². The van der Waals surface area contributed by atoms with Crippen LogP contribution < -0.4 is 11.0 Å². The monoisotopic (exact) mass is 243 g/mol. The van der Waals surface area contributed by atoms with Gasteiger partial charge in [-0.1, -0.05) is 18.2 Å². The molecule has 1 aromatic carbocycles. The molecular weight excluding hydrogens is 229 g/mol. The summed E-state index contributed by atoms with van der Waals surface area (Å²) in [5.74, 6) is 0.501. The molecule has 0 saturated heterocycles. The van der Waals surface area contributed by atoms with Crippen molar-refractivity contribution in [2.45, 2.75) is 0 Å². The maximum absolute atomic E-state index is 5.78. The summed E-state index contributed by atoms with van der Waals surface area (Å²) in [6, 6.07) is 10.2. The molecule has 0 spiro atoms. The summed E-state index contributed by atoms with van der Waals surface area (Å²) >= 11 is 0. The van der Waals surface area contributed by atoms with Gasteiger partial charge >= 0.3 is 0 Å². The van der Waals surface area contributed by atoms with Crippen molar-refractivity contribution >= 4 is 26.6 Å². The van der Waals surface area contributed by atoms with Crippen molar-refractivity contribution in [3.8, 4) is 11.1 Å². The van der Waals surface area contributed by atoms with Crippen LogP contribution in [-0.2, 0) is 0 Å². The SMILES string of the molecule is CN=Cc1cc(-c2cccc(P)c2)cnc1N. The van der Waals surface area contributed by atoms with E-state index in [9.17, 15) is 0 Å². The Kier molecular flexibility index (Phi) is 3.50. The summed E-state index contributed by atoms with van der Waals surface area (Å²) in [5, 5.41) is 1.14. The van der Waals surface area contributed by atoms with Crippen molar-refractivity contribution < 1.29 is 0 Å². The summed E-state index contributed by atoms with van der Waals surface area (Å²) < 4.78 is 0. The Morgan fingerprint density at radius 2 is 2.12 bits per heavy atom. The van der Waals surface area contributed by atoms with Gasteiger partial charge in [0.25, 0.3) is 0 Å². The second-order valence-electron chi connectivity index (χ2n) is 3.71. The lowest BCUT2D eigenvalue weighted by atomic mass is 10.1. The van der Waals surface area contributed by atoms with E-state index in [1.165, 1.54) is 0 Å². The molecule has 2 N–H and O–H groups in total. The van der Waals surface area contributed by atoms with Gasteiger partial charge in [-0.25, -0.2) is 4.98 Å². The molecule has 1 unspecified atom stereocenters. The van der Waals surface area contributed by atoms with E-state index in [0.29, 0.717) is 5.82 Å². The fourth-order valence-electron chi connectivity index (χ4n) is 1.61. The third-order valence-corrected chi connectivity index (χ3v) is 2.80. The fraction of sp³-hybridized carbons (Fsp3) is 0.0769. The smallest absolute Gasteiger partial charge is 0.132 e. The molecule has 4 heteroatoms. The van der Waals surface area contributed by atoms with Gasteiger partial charge in [0.1, 0.15) is 5.82 Å². The number of anilines is 1. The van der Waals surface area contributed by atoms with Gasteiger partial charge in [0.2, 0.25) is 0 Å². The Morgan fingerprint density at radius 1 is 1.29 bits per heavy atom. The van der Waals surface area contributed by atoms with E-state index in [2.05, 4.69) is 25.3 Å². The van der Waals surface area contributed by atoms with Crippen LogP contribution in [0.1, 0.15) is 5.56 Å². The largest absolute Gasteiger partial charge is 0.383 e. The van der Waals surface area contributed by atoms with Gasteiger partial charge in [0, 0.05) is 30.6 Å². The van der Waals surface area contributed by atoms with Crippen LogP contribution in [0.2, 0.25) is 0 Å².